The number of aldehydes is 1. The second-order valence-corrected chi connectivity index (χ2v) is 2.97. The molecular formula is C6H14ClNO. The topological polar surface area (TPSA) is 17.1 Å². The minimum Gasteiger partial charge on any atom is -1.00 e. The SMILES string of the molecule is C[N+](C)(C)CCC=O.[Cl-]. The summed E-state index contributed by atoms with van der Waals surface area (Å²) in [7, 11) is 6.22. The number of rotatable bonds is 3. The summed E-state index contributed by atoms with van der Waals surface area (Å²) in [4.78, 5) is 9.84. The predicted molar refractivity (Wildman–Crippen MR) is 33.6 cm³/mol. The lowest BCUT2D eigenvalue weighted by Crippen LogP contribution is -3.00. The highest BCUT2D eigenvalue weighted by Crippen LogP contribution is 1.89. The fraction of sp³-hybridized carbons (Fsp3) is 0.833. The molecule has 0 bridgehead atoms. The molecule has 0 heterocycles. The fourth-order valence-corrected chi connectivity index (χ4v) is 0.440. The smallest absolute Gasteiger partial charge is 0.125 e. The minimum absolute atomic E-state index is 0. The van der Waals surface area contributed by atoms with E-state index in [0.717, 1.165) is 17.3 Å². The van der Waals surface area contributed by atoms with Crippen molar-refractivity contribution < 1.29 is 21.7 Å². The number of nitrogens with zero attached hydrogens (tertiary/aromatic N) is 1. The summed E-state index contributed by atoms with van der Waals surface area (Å²) >= 11 is 0. The van der Waals surface area contributed by atoms with Gasteiger partial charge in [0.15, 0.2) is 0 Å². The van der Waals surface area contributed by atoms with Crippen LogP contribution in [0.15, 0.2) is 0 Å². The molecule has 0 amide bonds. The van der Waals surface area contributed by atoms with Gasteiger partial charge in [-0.2, -0.15) is 0 Å². The summed E-state index contributed by atoms with van der Waals surface area (Å²) in [5.41, 5.74) is 0. The molecule has 2 nitrogen and oxygen atoms in total. The van der Waals surface area contributed by atoms with Crippen LogP contribution < -0.4 is 12.4 Å². The first kappa shape index (κ1) is 11.7. The first-order chi connectivity index (χ1) is 3.56. The largest absolute Gasteiger partial charge is 1.00 e. The van der Waals surface area contributed by atoms with Gasteiger partial charge in [-0.3, -0.25) is 0 Å². The Morgan fingerprint density at radius 3 is 1.89 bits per heavy atom. The number of quaternary nitrogens is 1. The Bertz CT molecular complexity index is 77.6. The number of carbonyl (C=O) groups excluding carboxylic acids is 1. The van der Waals surface area contributed by atoms with Crippen LogP contribution in [-0.4, -0.2) is 38.5 Å². The lowest BCUT2D eigenvalue weighted by atomic mass is 10.4. The van der Waals surface area contributed by atoms with Crippen LogP contribution in [0.2, 0.25) is 0 Å². The third-order valence-corrected chi connectivity index (χ3v) is 0.918. The molecule has 0 aromatic carbocycles. The lowest BCUT2D eigenvalue weighted by Gasteiger charge is -2.22. The maximum Gasteiger partial charge on any atom is 0.125 e. The number of carbonyl (C=O) groups is 1. The van der Waals surface area contributed by atoms with E-state index in [2.05, 4.69) is 21.1 Å². The van der Waals surface area contributed by atoms with E-state index in [1.54, 1.807) is 0 Å². The highest BCUT2D eigenvalue weighted by Gasteiger charge is 2.03. The average Bonchev–Trinajstić information content (AvgIpc) is 1.59. The van der Waals surface area contributed by atoms with Crippen LogP contribution in [-0.2, 0) is 4.79 Å². The van der Waals surface area contributed by atoms with Gasteiger partial charge in [-0.1, -0.05) is 0 Å². The zero-order valence-corrected chi connectivity index (χ0v) is 6.98. The Morgan fingerprint density at radius 1 is 1.33 bits per heavy atom. The summed E-state index contributed by atoms with van der Waals surface area (Å²) in [6.07, 6.45) is 1.63. The molecule has 0 fully saturated rings. The molecule has 0 rings (SSSR count). The van der Waals surface area contributed by atoms with Crippen molar-refractivity contribution >= 4 is 6.29 Å². The molecule has 0 saturated carbocycles. The van der Waals surface area contributed by atoms with E-state index in [0.29, 0.717) is 6.42 Å². The first-order valence-corrected chi connectivity index (χ1v) is 2.80. The lowest BCUT2D eigenvalue weighted by molar-refractivity contribution is -0.869. The van der Waals surface area contributed by atoms with Gasteiger partial charge < -0.3 is 21.7 Å². The minimum atomic E-state index is 0. The van der Waals surface area contributed by atoms with Crippen molar-refractivity contribution in [3.05, 3.63) is 0 Å². The normalized spacial score (nSPS) is 10.1. The van der Waals surface area contributed by atoms with Gasteiger partial charge in [0.2, 0.25) is 0 Å². The molecule has 0 atom stereocenters. The quantitative estimate of drug-likeness (QED) is 0.317. The van der Waals surface area contributed by atoms with Crippen molar-refractivity contribution in [1.82, 2.24) is 0 Å². The second-order valence-electron chi connectivity index (χ2n) is 2.97. The average molecular weight is 152 g/mol. The molecular weight excluding hydrogens is 138 g/mol. The second kappa shape index (κ2) is 4.77. The molecule has 9 heavy (non-hydrogen) atoms. The fourth-order valence-electron chi connectivity index (χ4n) is 0.440. The number of hydrogen-bond acceptors (Lipinski definition) is 1. The third-order valence-electron chi connectivity index (χ3n) is 0.918. The molecule has 0 aliphatic carbocycles. The van der Waals surface area contributed by atoms with Gasteiger partial charge >= 0.3 is 0 Å². The van der Waals surface area contributed by atoms with Crippen LogP contribution >= 0.6 is 0 Å². The van der Waals surface area contributed by atoms with E-state index in [4.69, 9.17) is 0 Å². The summed E-state index contributed by atoms with van der Waals surface area (Å²) in [5, 5.41) is 0. The monoisotopic (exact) mass is 151 g/mol. The Hall–Kier alpha value is -0.0800. The molecule has 0 radical (unpaired) electrons. The molecule has 0 aromatic rings. The Kier molecular flexibility index (Phi) is 6.19. The highest BCUT2D eigenvalue weighted by atomic mass is 35.5. The van der Waals surface area contributed by atoms with E-state index in [1.807, 2.05) is 0 Å². The Labute approximate surface area is 62.8 Å². The third kappa shape index (κ3) is 11.5. The van der Waals surface area contributed by atoms with Gasteiger partial charge in [-0.05, 0) is 0 Å². The van der Waals surface area contributed by atoms with Gasteiger partial charge in [0.1, 0.15) is 6.29 Å². The maximum atomic E-state index is 9.84. The van der Waals surface area contributed by atoms with Gasteiger partial charge in [-0.25, -0.2) is 0 Å². The van der Waals surface area contributed by atoms with Crippen LogP contribution in [0, 0.1) is 0 Å². The van der Waals surface area contributed by atoms with E-state index in [-0.39, 0.29) is 12.4 Å². The van der Waals surface area contributed by atoms with Gasteiger partial charge in [0.05, 0.1) is 34.1 Å². The zero-order valence-electron chi connectivity index (χ0n) is 6.22. The number of hydrogen-bond donors (Lipinski definition) is 0. The highest BCUT2D eigenvalue weighted by molar-refractivity contribution is 5.49. The molecule has 3 heteroatoms. The van der Waals surface area contributed by atoms with Crippen molar-refractivity contribution in [3.8, 4) is 0 Å². The van der Waals surface area contributed by atoms with Crippen molar-refractivity contribution in [2.75, 3.05) is 27.7 Å². The van der Waals surface area contributed by atoms with E-state index in [1.165, 1.54) is 0 Å². The summed E-state index contributed by atoms with van der Waals surface area (Å²) in [6, 6.07) is 0. The van der Waals surface area contributed by atoms with Crippen LogP contribution in [0.25, 0.3) is 0 Å². The van der Waals surface area contributed by atoms with Crippen molar-refractivity contribution in [2.45, 2.75) is 6.42 Å². The van der Waals surface area contributed by atoms with E-state index < -0.39 is 0 Å². The zero-order chi connectivity index (χ0) is 6.62. The van der Waals surface area contributed by atoms with E-state index in [9.17, 15) is 4.79 Å². The van der Waals surface area contributed by atoms with Gasteiger partial charge in [-0.15, -0.1) is 0 Å². The van der Waals surface area contributed by atoms with Crippen molar-refractivity contribution in [1.29, 1.82) is 0 Å². The van der Waals surface area contributed by atoms with Crippen LogP contribution in [0.5, 0.6) is 0 Å². The molecule has 0 aliphatic heterocycles. The Balaban J connectivity index is 0. The molecule has 56 valence electrons. The van der Waals surface area contributed by atoms with Crippen molar-refractivity contribution in [3.63, 3.8) is 0 Å². The standard InChI is InChI=1S/C6H14NO.ClH/c1-7(2,3)5-4-6-8;/h6H,4-5H2,1-3H3;1H/q+1;/p-1. The van der Waals surface area contributed by atoms with Crippen LogP contribution in [0.1, 0.15) is 6.42 Å². The first-order valence-electron chi connectivity index (χ1n) is 2.80. The molecule has 0 aromatic heterocycles. The Morgan fingerprint density at radius 2 is 1.78 bits per heavy atom. The summed E-state index contributed by atoms with van der Waals surface area (Å²) < 4.78 is 0.874. The molecule has 0 saturated heterocycles. The van der Waals surface area contributed by atoms with Crippen LogP contribution in [0.3, 0.4) is 0 Å². The van der Waals surface area contributed by atoms with Crippen LogP contribution in [0.4, 0.5) is 0 Å². The molecule has 0 aliphatic rings. The molecule has 0 N–H and O–H groups in total. The van der Waals surface area contributed by atoms with Crippen molar-refractivity contribution in [2.24, 2.45) is 0 Å². The van der Waals surface area contributed by atoms with Gasteiger partial charge in [0, 0.05) is 0 Å². The molecule has 0 unspecified atom stereocenters. The number of halogens is 1. The van der Waals surface area contributed by atoms with Gasteiger partial charge in [0.25, 0.3) is 0 Å². The maximum absolute atomic E-state index is 9.84. The molecule has 0 spiro atoms. The predicted octanol–water partition coefficient (Wildman–Crippen LogP) is -2.71. The van der Waals surface area contributed by atoms with E-state index >= 15 is 0 Å². The summed E-state index contributed by atoms with van der Waals surface area (Å²) in [5.74, 6) is 0. The summed E-state index contributed by atoms with van der Waals surface area (Å²) in [6.45, 7) is 0.934.